The SMILES string of the molecule is C/C=C/[C@@H]1CCCC(=O)[C@]1(C)C(=O)O[C@@H]1C[C@H](C)CC[C@H]1C(C)(C)c1ccccc1. The van der Waals surface area contributed by atoms with Crippen molar-refractivity contribution in [2.45, 2.75) is 84.7 Å². The summed E-state index contributed by atoms with van der Waals surface area (Å²) < 4.78 is 6.28. The maximum absolute atomic E-state index is 13.5. The highest BCUT2D eigenvalue weighted by atomic mass is 16.5. The van der Waals surface area contributed by atoms with E-state index in [0.29, 0.717) is 12.3 Å². The molecule has 1 aromatic rings. The Labute approximate surface area is 182 Å². The first kappa shape index (κ1) is 22.8. The summed E-state index contributed by atoms with van der Waals surface area (Å²) >= 11 is 0. The van der Waals surface area contributed by atoms with Crippen LogP contribution in [0.25, 0.3) is 0 Å². The van der Waals surface area contributed by atoms with E-state index in [1.807, 2.05) is 32.1 Å². The van der Waals surface area contributed by atoms with E-state index < -0.39 is 5.41 Å². The Morgan fingerprint density at radius 1 is 1.17 bits per heavy atom. The molecule has 0 spiro atoms. The van der Waals surface area contributed by atoms with Crippen molar-refractivity contribution in [3.8, 4) is 0 Å². The molecule has 0 heterocycles. The third-order valence-electron chi connectivity index (χ3n) is 7.85. The number of hydrogen-bond donors (Lipinski definition) is 0. The van der Waals surface area contributed by atoms with Gasteiger partial charge in [-0.25, -0.2) is 0 Å². The van der Waals surface area contributed by atoms with Crippen LogP contribution in [0.5, 0.6) is 0 Å². The van der Waals surface area contributed by atoms with E-state index in [0.717, 1.165) is 32.1 Å². The quantitative estimate of drug-likeness (QED) is 0.327. The first-order chi connectivity index (χ1) is 14.2. The van der Waals surface area contributed by atoms with Gasteiger partial charge in [0.1, 0.15) is 11.5 Å². The second-order valence-electron chi connectivity index (χ2n) is 10.2. The Kier molecular flexibility index (Phi) is 6.89. The average Bonchev–Trinajstić information content (AvgIpc) is 2.72. The molecule has 30 heavy (non-hydrogen) atoms. The number of rotatable bonds is 5. The first-order valence-corrected chi connectivity index (χ1v) is 11.6. The van der Waals surface area contributed by atoms with Crippen LogP contribution in [0.3, 0.4) is 0 Å². The zero-order chi connectivity index (χ0) is 21.9. The van der Waals surface area contributed by atoms with Gasteiger partial charge in [0.2, 0.25) is 0 Å². The van der Waals surface area contributed by atoms with Gasteiger partial charge in [-0.15, -0.1) is 0 Å². The van der Waals surface area contributed by atoms with Gasteiger partial charge in [-0.3, -0.25) is 9.59 Å². The van der Waals surface area contributed by atoms with Gasteiger partial charge in [0.05, 0.1) is 0 Å². The topological polar surface area (TPSA) is 43.4 Å². The Balaban J connectivity index is 1.87. The van der Waals surface area contributed by atoms with Crippen molar-refractivity contribution in [3.63, 3.8) is 0 Å². The highest BCUT2D eigenvalue weighted by molar-refractivity contribution is 6.04. The van der Waals surface area contributed by atoms with Crippen molar-refractivity contribution in [2.75, 3.05) is 0 Å². The van der Waals surface area contributed by atoms with Gasteiger partial charge < -0.3 is 4.74 Å². The van der Waals surface area contributed by atoms with Crippen molar-refractivity contribution < 1.29 is 14.3 Å². The molecule has 2 aliphatic carbocycles. The molecule has 0 saturated heterocycles. The van der Waals surface area contributed by atoms with Crippen molar-refractivity contribution in [2.24, 2.45) is 23.2 Å². The van der Waals surface area contributed by atoms with Crippen LogP contribution < -0.4 is 0 Å². The lowest BCUT2D eigenvalue weighted by molar-refractivity contribution is -0.174. The Bertz CT molecular complexity index is 779. The number of esters is 1. The summed E-state index contributed by atoms with van der Waals surface area (Å²) in [7, 11) is 0. The molecule has 0 unspecified atom stereocenters. The third-order valence-corrected chi connectivity index (χ3v) is 7.85. The molecule has 2 fully saturated rings. The average molecular weight is 411 g/mol. The van der Waals surface area contributed by atoms with Crippen molar-refractivity contribution in [1.29, 1.82) is 0 Å². The fourth-order valence-electron chi connectivity index (χ4n) is 5.65. The molecule has 2 aliphatic rings. The highest BCUT2D eigenvalue weighted by Gasteiger charge is 2.51. The second kappa shape index (κ2) is 9.08. The van der Waals surface area contributed by atoms with Crippen molar-refractivity contribution >= 4 is 11.8 Å². The maximum Gasteiger partial charge on any atom is 0.320 e. The number of Topliss-reactive ketones (excluding diaryl/α,β-unsaturated/α-hetero) is 1. The van der Waals surface area contributed by atoms with E-state index in [9.17, 15) is 9.59 Å². The van der Waals surface area contributed by atoms with Crippen LogP contribution in [-0.2, 0) is 19.7 Å². The van der Waals surface area contributed by atoms with Gasteiger partial charge in [-0.2, -0.15) is 0 Å². The van der Waals surface area contributed by atoms with Crippen LogP contribution in [-0.4, -0.2) is 17.9 Å². The number of carbonyl (C=O) groups is 2. The van der Waals surface area contributed by atoms with Gasteiger partial charge in [-0.1, -0.05) is 69.7 Å². The molecule has 3 heteroatoms. The fourth-order valence-corrected chi connectivity index (χ4v) is 5.65. The van der Waals surface area contributed by atoms with E-state index in [4.69, 9.17) is 4.74 Å². The zero-order valence-corrected chi connectivity index (χ0v) is 19.3. The van der Waals surface area contributed by atoms with Crippen LogP contribution in [0.15, 0.2) is 42.5 Å². The molecule has 0 aromatic heterocycles. The molecule has 3 nitrogen and oxygen atoms in total. The summed E-state index contributed by atoms with van der Waals surface area (Å²) in [5, 5.41) is 0. The highest BCUT2D eigenvalue weighted by Crippen LogP contribution is 2.46. The molecule has 3 rings (SSSR count). The molecule has 0 amide bonds. The normalized spacial score (nSPS) is 32.9. The number of ketones is 1. The number of benzene rings is 1. The van der Waals surface area contributed by atoms with Crippen LogP contribution in [0.4, 0.5) is 0 Å². The first-order valence-electron chi connectivity index (χ1n) is 11.6. The van der Waals surface area contributed by atoms with Gasteiger partial charge in [0.15, 0.2) is 5.78 Å². The van der Waals surface area contributed by atoms with Crippen molar-refractivity contribution in [1.82, 2.24) is 0 Å². The summed E-state index contributed by atoms with van der Waals surface area (Å²) in [5.41, 5.74) is 0.108. The van der Waals surface area contributed by atoms with Crippen LogP contribution in [0, 0.1) is 23.2 Å². The molecule has 0 radical (unpaired) electrons. The van der Waals surface area contributed by atoms with Crippen LogP contribution >= 0.6 is 0 Å². The standard InChI is InChI=1S/C27H38O3/c1-6-11-21-14-10-15-24(28)27(21,5)25(29)30-23-18-19(2)16-17-22(23)26(3,4)20-12-8-7-9-13-20/h6-9,11-13,19,21-23H,10,14-18H2,1-5H3/b11-6+/t19-,21-,22-,23-,27-/m1/s1. The van der Waals surface area contributed by atoms with Gasteiger partial charge in [0, 0.05) is 12.3 Å². The Morgan fingerprint density at radius 2 is 1.87 bits per heavy atom. The number of hydrogen-bond acceptors (Lipinski definition) is 3. The molecule has 0 N–H and O–H groups in total. The molecular weight excluding hydrogens is 372 g/mol. The maximum atomic E-state index is 13.5. The lowest BCUT2D eigenvalue weighted by Gasteiger charge is -2.45. The summed E-state index contributed by atoms with van der Waals surface area (Å²) in [6, 6.07) is 10.5. The number of carbonyl (C=O) groups excluding carboxylic acids is 2. The minimum Gasteiger partial charge on any atom is -0.461 e. The number of allylic oxidation sites excluding steroid dienone is 2. The van der Waals surface area contributed by atoms with E-state index in [-0.39, 0.29) is 35.1 Å². The summed E-state index contributed by atoms with van der Waals surface area (Å²) in [6.07, 6.45) is 9.05. The Morgan fingerprint density at radius 3 is 2.53 bits per heavy atom. The molecule has 2 saturated carbocycles. The largest absolute Gasteiger partial charge is 0.461 e. The van der Waals surface area contributed by atoms with Gasteiger partial charge >= 0.3 is 5.97 Å². The molecule has 0 bridgehead atoms. The van der Waals surface area contributed by atoms with E-state index in [1.54, 1.807) is 0 Å². The minimum absolute atomic E-state index is 0.0320. The van der Waals surface area contributed by atoms with E-state index in [2.05, 4.69) is 45.0 Å². The van der Waals surface area contributed by atoms with Crippen LogP contribution in [0.1, 0.15) is 78.7 Å². The van der Waals surface area contributed by atoms with E-state index >= 15 is 0 Å². The lowest BCUT2D eigenvalue weighted by atomic mass is 9.64. The van der Waals surface area contributed by atoms with E-state index in [1.165, 1.54) is 5.56 Å². The van der Waals surface area contributed by atoms with Crippen LogP contribution in [0.2, 0.25) is 0 Å². The van der Waals surface area contributed by atoms with Gasteiger partial charge in [-0.05, 0) is 62.3 Å². The summed E-state index contributed by atoms with van der Waals surface area (Å²) in [5.74, 6) is 0.403. The fraction of sp³-hybridized carbons (Fsp3) is 0.630. The predicted molar refractivity (Wildman–Crippen MR) is 121 cm³/mol. The molecule has 164 valence electrons. The smallest absolute Gasteiger partial charge is 0.320 e. The monoisotopic (exact) mass is 410 g/mol. The zero-order valence-electron chi connectivity index (χ0n) is 19.3. The van der Waals surface area contributed by atoms with Gasteiger partial charge in [0.25, 0.3) is 0 Å². The summed E-state index contributed by atoms with van der Waals surface area (Å²) in [6.45, 7) is 10.5. The molecular formula is C27H38O3. The predicted octanol–water partition coefficient (Wildman–Crippen LogP) is 6.26. The van der Waals surface area contributed by atoms with Crippen molar-refractivity contribution in [3.05, 3.63) is 48.0 Å². The second-order valence-corrected chi connectivity index (χ2v) is 10.2. The minimum atomic E-state index is -1.06. The third kappa shape index (κ3) is 4.26. The molecule has 5 atom stereocenters. The molecule has 0 aliphatic heterocycles. The number of ether oxygens (including phenoxy) is 1. The molecule has 1 aromatic carbocycles. The Hall–Kier alpha value is -1.90. The summed E-state index contributed by atoms with van der Waals surface area (Å²) in [4.78, 5) is 26.4. The lowest BCUT2D eigenvalue weighted by Crippen LogP contribution is -2.50.